The summed E-state index contributed by atoms with van der Waals surface area (Å²) in [5, 5.41) is 14.6. The number of urea groups is 1. The van der Waals surface area contributed by atoms with Crippen molar-refractivity contribution in [2.75, 3.05) is 11.9 Å². The highest BCUT2D eigenvalue weighted by Crippen LogP contribution is 2.34. The first-order valence-electron chi connectivity index (χ1n) is 7.32. The molecule has 128 valence electrons. The first kappa shape index (κ1) is 17.8. The molecule has 2 amide bonds. The molecule has 0 bridgehead atoms. The topological polar surface area (TPSA) is 61.4 Å². The Kier molecular flexibility index (Phi) is 5.81. The lowest BCUT2D eigenvalue weighted by Crippen LogP contribution is -2.31. The maximum absolute atomic E-state index is 12.8. The molecule has 4 nitrogen and oxygen atoms in total. The van der Waals surface area contributed by atoms with Crippen molar-refractivity contribution in [2.45, 2.75) is 18.7 Å². The van der Waals surface area contributed by atoms with Gasteiger partial charge in [-0.25, -0.2) is 4.79 Å². The van der Waals surface area contributed by atoms with Crippen molar-refractivity contribution in [3.05, 3.63) is 65.7 Å². The average molecular weight is 338 g/mol. The van der Waals surface area contributed by atoms with Crippen molar-refractivity contribution in [3.63, 3.8) is 0 Å². The molecule has 0 spiro atoms. The summed E-state index contributed by atoms with van der Waals surface area (Å²) in [5.74, 6) is 0. The summed E-state index contributed by atoms with van der Waals surface area (Å²) in [6.07, 6.45) is -5.06. The molecule has 0 aromatic heterocycles. The van der Waals surface area contributed by atoms with E-state index in [2.05, 4.69) is 10.6 Å². The van der Waals surface area contributed by atoms with Crippen LogP contribution in [0.4, 0.5) is 23.7 Å². The Morgan fingerprint density at radius 3 is 2.33 bits per heavy atom. The van der Waals surface area contributed by atoms with E-state index in [4.69, 9.17) is 0 Å². The maximum Gasteiger partial charge on any atom is 0.418 e. The van der Waals surface area contributed by atoms with Crippen molar-refractivity contribution in [2.24, 2.45) is 0 Å². The number of carbonyl (C=O) groups excluding carboxylic acids is 1. The van der Waals surface area contributed by atoms with Gasteiger partial charge in [-0.1, -0.05) is 42.5 Å². The van der Waals surface area contributed by atoms with Crippen molar-refractivity contribution in [1.82, 2.24) is 5.32 Å². The summed E-state index contributed by atoms with van der Waals surface area (Å²) in [7, 11) is 0. The first-order chi connectivity index (χ1) is 11.4. The van der Waals surface area contributed by atoms with Gasteiger partial charge in [-0.2, -0.15) is 13.2 Å². The number of carbonyl (C=O) groups is 1. The number of amides is 2. The van der Waals surface area contributed by atoms with Crippen LogP contribution in [-0.2, 0) is 6.18 Å². The van der Waals surface area contributed by atoms with Gasteiger partial charge in [0.15, 0.2) is 0 Å². The molecular formula is C17H17F3N2O2. The van der Waals surface area contributed by atoms with E-state index in [1.165, 1.54) is 18.2 Å². The van der Waals surface area contributed by atoms with E-state index in [-0.39, 0.29) is 18.7 Å². The second-order valence-electron chi connectivity index (χ2n) is 5.14. The van der Waals surface area contributed by atoms with Gasteiger partial charge < -0.3 is 15.7 Å². The molecule has 0 aliphatic rings. The lowest BCUT2D eigenvalue weighted by atomic mass is 10.1. The van der Waals surface area contributed by atoms with Crippen LogP contribution in [0, 0.1) is 0 Å². The standard InChI is InChI=1S/C17H17F3N2O2/c18-17(19,20)13-8-4-5-9-14(13)22-16(24)21-11-10-15(23)12-6-2-1-3-7-12/h1-9,15,23H,10-11H2,(H2,21,22,24)/t15-/m0/s1. The Hall–Kier alpha value is -2.54. The molecule has 0 aliphatic heterocycles. The Bertz CT molecular complexity index is 675. The number of rotatable bonds is 5. The molecule has 0 saturated heterocycles. The molecule has 2 aromatic rings. The zero-order chi connectivity index (χ0) is 17.6. The van der Waals surface area contributed by atoms with E-state index in [9.17, 15) is 23.1 Å². The molecule has 1 atom stereocenters. The first-order valence-corrected chi connectivity index (χ1v) is 7.32. The van der Waals surface area contributed by atoms with Gasteiger partial charge in [0.1, 0.15) is 0 Å². The second-order valence-corrected chi connectivity index (χ2v) is 5.14. The van der Waals surface area contributed by atoms with Gasteiger partial charge in [0.2, 0.25) is 0 Å². The highest BCUT2D eigenvalue weighted by atomic mass is 19.4. The average Bonchev–Trinajstić information content (AvgIpc) is 2.55. The number of aliphatic hydroxyl groups is 1. The van der Waals surface area contributed by atoms with Crippen LogP contribution in [0.25, 0.3) is 0 Å². The van der Waals surface area contributed by atoms with Crippen LogP contribution in [-0.4, -0.2) is 17.7 Å². The molecule has 0 aliphatic carbocycles. The quantitative estimate of drug-likeness (QED) is 0.773. The second kappa shape index (κ2) is 7.83. The Morgan fingerprint density at radius 1 is 1.04 bits per heavy atom. The normalized spacial score (nSPS) is 12.5. The minimum atomic E-state index is -4.55. The van der Waals surface area contributed by atoms with E-state index in [0.717, 1.165) is 6.07 Å². The molecule has 2 rings (SSSR count). The number of halogens is 3. The fourth-order valence-electron chi connectivity index (χ4n) is 2.17. The number of alkyl halides is 3. The number of nitrogens with one attached hydrogen (secondary N) is 2. The third-order valence-corrected chi connectivity index (χ3v) is 3.37. The fraction of sp³-hybridized carbons (Fsp3) is 0.235. The third kappa shape index (κ3) is 4.99. The SMILES string of the molecule is O=C(NCC[C@H](O)c1ccccc1)Nc1ccccc1C(F)(F)F. The highest BCUT2D eigenvalue weighted by molar-refractivity contribution is 5.90. The number of aliphatic hydroxyl groups excluding tert-OH is 1. The number of hydrogen-bond donors (Lipinski definition) is 3. The molecule has 0 unspecified atom stereocenters. The van der Waals surface area contributed by atoms with Crippen LogP contribution >= 0.6 is 0 Å². The van der Waals surface area contributed by atoms with E-state index in [1.807, 2.05) is 6.07 Å². The van der Waals surface area contributed by atoms with Crippen molar-refractivity contribution < 1.29 is 23.1 Å². The van der Waals surface area contributed by atoms with Crippen LogP contribution in [0.3, 0.4) is 0 Å². The van der Waals surface area contributed by atoms with Gasteiger partial charge in [0.05, 0.1) is 17.4 Å². The summed E-state index contributed by atoms with van der Waals surface area (Å²) in [4.78, 5) is 11.7. The number of para-hydroxylation sites is 1. The largest absolute Gasteiger partial charge is 0.418 e. The molecule has 2 aromatic carbocycles. The monoisotopic (exact) mass is 338 g/mol. The smallest absolute Gasteiger partial charge is 0.388 e. The van der Waals surface area contributed by atoms with E-state index < -0.39 is 23.9 Å². The summed E-state index contributed by atoms with van der Waals surface area (Å²) in [6, 6.07) is 12.9. The van der Waals surface area contributed by atoms with Crippen LogP contribution in [0.15, 0.2) is 54.6 Å². The zero-order valence-corrected chi connectivity index (χ0v) is 12.7. The van der Waals surface area contributed by atoms with Crippen LogP contribution in [0.5, 0.6) is 0 Å². The molecule has 3 N–H and O–H groups in total. The molecule has 24 heavy (non-hydrogen) atoms. The predicted octanol–water partition coefficient (Wildman–Crippen LogP) is 3.95. The van der Waals surface area contributed by atoms with Crippen molar-refractivity contribution >= 4 is 11.7 Å². The Morgan fingerprint density at radius 2 is 1.67 bits per heavy atom. The summed E-state index contributed by atoms with van der Waals surface area (Å²) < 4.78 is 38.5. The van der Waals surface area contributed by atoms with E-state index >= 15 is 0 Å². The molecule has 0 saturated carbocycles. The number of anilines is 1. The number of benzene rings is 2. The van der Waals surface area contributed by atoms with Crippen LogP contribution in [0.2, 0.25) is 0 Å². The summed E-state index contributed by atoms with van der Waals surface area (Å²) >= 11 is 0. The van der Waals surface area contributed by atoms with Crippen molar-refractivity contribution in [3.8, 4) is 0 Å². The molecule has 7 heteroatoms. The lowest BCUT2D eigenvalue weighted by Gasteiger charge is -2.15. The maximum atomic E-state index is 12.8. The predicted molar refractivity (Wildman–Crippen MR) is 84.5 cm³/mol. The zero-order valence-electron chi connectivity index (χ0n) is 12.7. The molecule has 0 fully saturated rings. The Labute approximate surface area is 137 Å². The van der Waals surface area contributed by atoms with E-state index in [0.29, 0.717) is 5.56 Å². The van der Waals surface area contributed by atoms with Gasteiger partial charge in [0.25, 0.3) is 0 Å². The molecule has 0 heterocycles. The van der Waals surface area contributed by atoms with Gasteiger partial charge in [-0.3, -0.25) is 0 Å². The Balaban J connectivity index is 1.86. The highest BCUT2D eigenvalue weighted by Gasteiger charge is 2.33. The van der Waals surface area contributed by atoms with Gasteiger partial charge in [0, 0.05) is 6.54 Å². The lowest BCUT2D eigenvalue weighted by molar-refractivity contribution is -0.136. The fourth-order valence-corrected chi connectivity index (χ4v) is 2.17. The van der Waals surface area contributed by atoms with E-state index in [1.54, 1.807) is 24.3 Å². The summed E-state index contributed by atoms with van der Waals surface area (Å²) in [6.45, 7) is 0.121. The van der Waals surface area contributed by atoms with Gasteiger partial charge >= 0.3 is 12.2 Å². The molecule has 0 radical (unpaired) electrons. The third-order valence-electron chi connectivity index (χ3n) is 3.37. The minimum Gasteiger partial charge on any atom is -0.388 e. The van der Waals surface area contributed by atoms with Crippen LogP contribution < -0.4 is 10.6 Å². The number of hydrogen-bond acceptors (Lipinski definition) is 2. The molecular weight excluding hydrogens is 321 g/mol. The minimum absolute atomic E-state index is 0.121. The van der Waals surface area contributed by atoms with Crippen molar-refractivity contribution in [1.29, 1.82) is 0 Å². The van der Waals surface area contributed by atoms with Gasteiger partial charge in [-0.05, 0) is 24.1 Å². The van der Waals surface area contributed by atoms with Crippen LogP contribution in [0.1, 0.15) is 23.7 Å². The summed E-state index contributed by atoms with van der Waals surface area (Å²) in [5.41, 5.74) is -0.516. The van der Waals surface area contributed by atoms with Gasteiger partial charge in [-0.15, -0.1) is 0 Å².